The van der Waals surface area contributed by atoms with Gasteiger partial charge in [-0.25, -0.2) is 0 Å². The fourth-order valence-electron chi connectivity index (χ4n) is 2.11. The van der Waals surface area contributed by atoms with Gasteiger partial charge in [-0.1, -0.05) is 11.6 Å². The van der Waals surface area contributed by atoms with Gasteiger partial charge in [0.15, 0.2) is 0 Å². The fraction of sp³-hybridized carbons (Fsp3) is 0.500. The van der Waals surface area contributed by atoms with Gasteiger partial charge in [-0.3, -0.25) is 9.59 Å². The topological polar surface area (TPSA) is 46.6 Å². The van der Waals surface area contributed by atoms with Crippen molar-refractivity contribution in [2.75, 3.05) is 20.2 Å². The highest BCUT2D eigenvalue weighted by Gasteiger charge is 2.30. The van der Waals surface area contributed by atoms with Gasteiger partial charge in [0.05, 0.1) is 18.1 Å². The number of hydrogen-bond donors (Lipinski definition) is 0. The van der Waals surface area contributed by atoms with Gasteiger partial charge in [0.2, 0.25) is 0 Å². The van der Waals surface area contributed by atoms with E-state index in [-0.39, 0.29) is 17.8 Å². The molecular formula is C12H14ClNO3S. The second kappa shape index (κ2) is 5.71. The number of hydrogen-bond acceptors (Lipinski definition) is 4. The molecule has 0 aliphatic carbocycles. The molecule has 0 radical (unpaired) electrons. The summed E-state index contributed by atoms with van der Waals surface area (Å²) < 4.78 is 4.73. The molecular weight excluding hydrogens is 274 g/mol. The largest absolute Gasteiger partial charge is 0.469 e. The molecule has 1 atom stereocenters. The molecule has 1 amide bonds. The molecule has 4 nitrogen and oxygen atoms in total. The number of rotatable bonds is 2. The second-order valence-electron chi connectivity index (χ2n) is 4.21. The Morgan fingerprint density at radius 3 is 2.94 bits per heavy atom. The molecule has 1 saturated heterocycles. The van der Waals surface area contributed by atoms with E-state index in [1.165, 1.54) is 18.4 Å². The Bertz CT molecular complexity index is 460. The summed E-state index contributed by atoms with van der Waals surface area (Å²) in [6, 6.07) is 1.71. The maximum Gasteiger partial charge on any atom is 0.310 e. The van der Waals surface area contributed by atoms with Gasteiger partial charge >= 0.3 is 5.97 Å². The summed E-state index contributed by atoms with van der Waals surface area (Å²) in [4.78, 5) is 26.0. The number of thiophene rings is 1. The average Bonchev–Trinajstić information content (AvgIpc) is 2.83. The molecule has 0 saturated carbocycles. The van der Waals surface area contributed by atoms with E-state index in [1.54, 1.807) is 16.3 Å². The van der Waals surface area contributed by atoms with E-state index in [0.717, 1.165) is 12.8 Å². The number of ether oxygens (including phenoxy) is 1. The maximum absolute atomic E-state index is 12.2. The fourth-order valence-corrected chi connectivity index (χ4v) is 3.21. The van der Waals surface area contributed by atoms with Crippen LogP contribution in [0.4, 0.5) is 0 Å². The van der Waals surface area contributed by atoms with Gasteiger partial charge in [-0.15, -0.1) is 11.3 Å². The number of amides is 1. The van der Waals surface area contributed by atoms with Crippen LogP contribution < -0.4 is 0 Å². The summed E-state index contributed by atoms with van der Waals surface area (Å²) >= 11 is 7.28. The normalized spacial score (nSPS) is 19.7. The van der Waals surface area contributed by atoms with Crippen LogP contribution in [-0.2, 0) is 9.53 Å². The van der Waals surface area contributed by atoms with Crippen molar-refractivity contribution in [2.24, 2.45) is 5.92 Å². The molecule has 0 spiro atoms. The summed E-state index contributed by atoms with van der Waals surface area (Å²) in [5.41, 5.74) is 0. The standard InChI is InChI=1S/C12H14ClNO3S/c1-17-12(16)8-3-2-5-14(7-8)11(15)10-9(13)4-6-18-10/h4,6,8H,2-3,5,7H2,1H3. The van der Waals surface area contributed by atoms with Crippen molar-refractivity contribution in [3.8, 4) is 0 Å². The molecule has 2 rings (SSSR count). The van der Waals surface area contributed by atoms with Gasteiger partial charge in [0.25, 0.3) is 5.91 Å². The van der Waals surface area contributed by atoms with Crippen LogP contribution in [0.15, 0.2) is 11.4 Å². The predicted octanol–water partition coefficient (Wildman–Crippen LogP) is 2.43. The zero-order valence-electron chi connectivity index (χ0n) is 10.0. The molecule has 98 valence electrons. The minimum atomic E-state index is -0.246. The summed E-state index contributed by atoms with van der Waals surface area (Å²) in [6.45, 7) is 1.08. The molecule has 1 fully saturated rings. The first-order valence-corrected chi connectivity index (χ1v) is 6.99. The average molecular weight is 288 g/mol. The zero-order valence-corrected chi connectivity index (χ0v) is 11.6. The Morgan fingerprint density at radius 1 is 1.56 bits per heavy atom. The highest BCUT2D eigenvalue weighted by Crippen LogP contribution is 2.26. The second-order valence-corrected chi connectivity index (χ2v) is 5.53. The third kappa shape index (κ3) is 2.67. The minimum Gasteiger partial charge on any atom is -0.469 e. The molecule has 0 N–H and O–H groups in total. The Balaban J connectivity index is 2.07. The van der Waals surface area contributed by atoms with E-state index in [1.807, 2.05) is 0 Å². The van der Waals surface area contributed by atoms with E-state index in [4.69, 9.17) is 16.3 Å². The summed E-state index contributed by atoms with van der Waals surface area (Å²) in [5, 5.41) is 2.27. The van der Waals surface area contributed by atoms with Gasteiger partial charge < -0.3 is 9.64 Å². The molecule has 1 aliphatic rings. The number of halogens is 1. The molecule has 2 heterocycles. The number of carbonyl (C=O) groups is 2. The maximum atomic E-state index is 12.2. The molecule has 0 bridgehead atoms. The number of carbonyl (C=O) groups excluding carboxylic acids is 2. The van der Waals surface area contributed by atoms with Gasteiger partial charge in [0, 0.05) is 13.1 Å². The molecule has 6 heteroatoms. The molecule has 18 heavy (non-hydrogen) atoms. The van der Waals surface area contributed by atoms with Gasteiger partial charge in [-0.05, 0) is 24.3 Å². The van der Waals surface area contributed by atoms with Crippen molar-refractivity contribution in [2.45, 2.75) is 12.8 Å². The van der Waals surface area contributed by atoms with Crippen molar-refractivity contribution in [1.29, 1.82) is 0 Å². The van der Waals surface area contributed by atoms with E-state index in [2.05, 4.69) is 0 Å². The van der Waals surface area contributed by atoms with Crippen LogP contribution in [-0.4, -0.2) is 37.0 Å². The molecule has 1 aromatic rings. The van der Waals surface area contributed by atoms with Crippen molar-refractivity contribution in [1.82, 2.24) is 4.90 Å². The van der Waals surface area contributed by atoms with E-state index >= 15 is 0 Å². The molecule has 1 aliphatic heterocycles. The first kappa shape index (κ1) is 13.4. The lowest BCUT2D eigenvalue weighted by molar-refractivity contribution is -0.146. The Morgan fingerprint density at radius 2 is 2.33 bits per heavy atom. The van der Waals surface area contributed by atoms with Gasteiger partial charge in [0.1, 0.15) is 4.88 Å². The lowest BCUT2D eigenvalue weighted by Crippen LogP contribution is -2.42. The number of likely N-dealkylation sites (tertiary alicyclic amines) is 1. The van der Waals surface area contributed by atoms with Crippen LogP contribution in [0, 0.1) is 5.92 Å². The summed E-state index contributed by atoms with van der Waals surface area (Å²) in [5.74, 6) is -0.556. The number of piperidine rings is 1. The van der Waals surface area contributed by atoms with Crippen LogP contribution in [0.25, 0.3) is 0 Å². The minimum absolute atomic E-state index is 0.0939. The van der Waals surface area contributed by atoms with Crippen LogP contribution in [0.2, 0.25) is 5.02 Å². The van der Waals surface area contributed by atoms with Crippen molar-refractivity contribution >= 4 is 34.8 Å². The third-order valence-electron chi connectivity index (χ3n) is 3.05. The van der Waals surface area contributed by atoms with Crippen LogP contribution in [0.3, 0.4) is 0 Å². The molecule has 1 aromatic heterocycles. The van der Waals surface area contributed by atoms with Crippen molar-refractivity contribution in [3.63, 3.8) is 0 Å². The van der Waals surface area contributed by atoms with E-state index in [9.17, 15) is 9.59 Å². The van der Waals surface area contributed by atoms with Crippen molar-refractivity contribution in [3.05, 3.63) is 21.3 Å². The lowest BCUT2D eigenvalue weighted by Gasteiger charge is -2.31. The quantitative estimate of drug-likeness (QED) is 0.785. The smallest absolute Gasteiger partial charge is 0.310 e. The molecule has 0 aromatic carbocycles. The highest BCUT2D eigenvalue weighted by atomic mass is 35.5. The first-order valence-electron chi connectivity index (χ1n) is 5.73. The number of methoxy groups -OCH3 is 1. The van der Waals surface area contributed by atoms with E-state index in [0.29, 0.717) is 23.0 Å². The number of nitrogens with zero attached hydrogens (tertiary/aromatic N) is 1. The lowest BCUT2D eigenvalue weighted by atomic mass is 9.98. The van der Waals surface area contributed by atoms with Gasteiger partial charge in [-0.2, -0.15) is 0 Å². The Hall–Kier alpha value is -1.07. The highest BCUT2D eigenvalue weighted by molar-refractivity contribution is 7.12. The third-order valence-corrected chi connectivity index (χ3v) is 4.38. The Kier molecular flexibility index (Phi) is 4.24. The van der Waals surface area contributed by atoms with Crippen molar-refractivity contribution < 1.29 is 14.3 Å². The van der Waals surface area contributed by atoms with Crippen LogP contribution in [0.5, 0.6) is 0 Å². The predicted molar refractivity (Wildman–Crippen MR) is 70.0 cm³/mol. The monoisotopic (exact) mass is 287 g/mol. The van der Waals surface area contributed by atoms with Crippen LogP contribution >= 0.6 is 22.9 Å². The zero-order chi connectivity index (χ0) is 13.1. The molecule has 1 unspecified atom stereocenters. The first-order chi connectivity index (χ1) is 8.63. The van der Waals surface area contributed by atoms with E-state index < -0.39 is 0 Å². The summed E-state index contributed by atoms with van der Waals surface area (Å²) in [7, 11) is 1.37. The SMILES string of the molecule is COC(=O)C1CCCN(C(=O)c2sccc2Cl)C1. The number of esters is 1. The Labute approximate surface area is 114 Å². The van der Waals surface area contributed by atoms with Crippen LogP contribution in [0.1, 0.15) is 22.5 Å². The summed E-state index contributed by atoms with van der Waals surface area (Å²) in [6.07, 6.45) is 1.59.